The second-order valence-electron chi connectivity index (χ2n) is 7.21. The summed E-state index contributed by atoms with van der Waals surface area (Å²) in [7, 11) is 2.70. The van der Waals surface area contributed by atoms with E-state index >= 15 is 0 Å². The molecule has 0 saturated carbocycles. The second kappa shape index (κ2) is 5.73. The highest BCUT2D eigenvalue weighted by Crippen LogP contribution is 2.48. The molecule has 0 spiro atoms. The van der Waals surface area contributed by atoms with E-state index in [2.05, 4.69) is 0 Å². The highest BCUT2D eigenvalue weighted by molar-refractivity contribution is 6.24. The van der Waals surface area contributed by atoms with Crippen molar-refractivity contribution in [3.05, 3.63) is 59.7 Å². The number of methoxy groups -OCH3 is 2. The summed E-state index contributed by atoms with van der Waals surface area (Å²) < 4.78 is 22.2. The molecular weight excluding hydrogens is 384 g/mol. The molecule has 4 aromatic carbocycles. The minimum atomic E-state index is -0.423. The van der Waals surface area contributed by atoms with Crippen LogP contribution >= 0.6 is 0 Å². The van der Waals surface area contributed by atoms with Gasteiger partial charge < -0.3 is 18.3 Å². The molecule has 0 unspecified atom stereocenters. The zero-order valence-corrected chi connectivity index (χ0v) is 16.1. The van der Waals surface area contributed by atoms with E-state index in [4.69, 9.17) is 18.3 Å². The Kier molecular flexibility index (Phi) is 3.22. The molecule has 0 atom stereocenters. The van der Waals surface area contributed by atoms with Crippen LogP contribution in [0.15, 0.2) is 57.4 Å². The Balaban J connectivity index is 1.81. The van der Waals surface area contributed by atoms with E-state index in [9.17, 15) is 9.59 Å². The maximum atomic E-state index is 12.1. The van der Waals surface area contributed by atoms with Crippen LogP contribution in [-0.4, -0.2) is 26.2 Å². The van der Waals surface area contributed by atoms with Gasteiger partial charge in [0.2, 0.25) is 0 Å². The summed E-state index contributed by atoms with van der Waals surface area (Å²) in [5, 5.41) is 3.46. The fourth-order valence-corrected chi connectivity index (χ4v) is 4.35. The first kappa shape index (κ1) is 16.9. The van der Waals surface area contributed by atoms with Gasteiger partial charge in [0.15, 0.2) is 0 Å². The molecule has 146 valence electrons. The standard InChI is InChI=1S/C24H14O6/c1-27-23(25)13-7-11-3-5-16-21-19(11)17(9-13)29-15-6-4-12-8-14(24(26)28-2)10-18(30-16)20(12)22(15)21/h3-10H,1-2H3. The molecule has 0 aromatic heterocycles. The van der Waals surface area contributed by atoms with Gasteiger partial charge >= 0.3 is 11.9 Å². The van der Waals surface area contributed by atoms with E-state index in [0.717, 1.165) is 32.7 Å². The normalized spacial score (nSPS) is 11.9. The summed E-state index contributed by atoms with van der Waals surface area (Å²) in [6.45, 7) is 0. The van der Waals surface area contributed by atoms with E-state index in [1.165, 1.54) is 14.2 Å². The van der Waals surface area contributed by atoms with E-state index in [1.54, 1.807) is 24.3 Å². The lowest BCUT2D eigenvalue weighted by atomic mass is 9.89. The van der Waals surface area contributed by atoms with Crippen molar-refractivity contribution in [3.8, 4) is 11.1 Å². The van der Waals surface area contributed by atoms with Gasteiger partial charge in [0, 0.05) is 21.9 Å². The lowest BCUT2D eigenvalue weighted by Crippen LogP contribution is -2.03. The molecule has 6 heteroatoms. The first-order chi connectivity index (χ1) is 14.6. The quantitative estimate of drug-likeness (QED) is 0.215. The van der Waals surface area contributed by atoms with Crippen LogP contribution in [0.25, 0.3) is 55.0 Å². The topological polar surface area (TPSA) is 78.9 Å². The van der Waals surface area contributed by atoms with Gasteiger partial charge in [-0.3, -0.25) is 0 Å². The first-order valence-corrected chi connectivity index (χ1v) is 9.33. The van der Waals surface area contributed by atoms with Crippen LogP contribution in [0.1, 0.15) is 20.7 Å². The van der Waals surface area contributed by atoms with E-state index < -0.39 is 11.9 Å². The molecule has 0 saturated heterocycles. The van der Waals surface area contributed by atoms with Crippen LogP contribution in [0.3, 0.4) is 0 Å². The maximum Gasteiger partial charge on any atom is 0.338 e. The summed E-state index contributed by atoms with van der Waals surface area (Å²) in [5.41, 5.74) is 5.17. The van der Waals surface area contributed by atoms with E-state index in [-0.39, 0.29) is 0 Å². The van der Waals surface area contributed by atoms with E-state index in [1.807, 2.05) is 24.3 Å². The summed E-state index contributed by atoms with van der Waals surface area (Å²) in [6, 6.07) is 14.5. The van der Waals surface area contributed by atoms with Crippen LogP contribution in [0, 0.1) is 0 Å². The zero-order chi connectivity index (χ0) is 20.6. The molecule has 0 radical (unpaired) electrons. The highest BCUT2D eigenvalue weighted by atomic mass is 16.5. The van der Waals surface area contributed by atoms with Gasteiger partial charge in [-0.05, 0) is 47.2 Å². The van der Waals surface area contributed by atoms with Crippen LogP contribution in [0.5, 0.6) is 0 Å². The fraction of sp³-hybridized carbons (Fsp3) is 0.0833. The molecule has 30 heavy (non-hydrogen) atoms. The lowest BCUT2D eigenvalue weighted by Gasteiger charge is -2.20. The van der Waals surface area contributed by atoms with Crippen molar-refractivity contribution in [3.63, 3.8) is 0 Å². The van der Waals surface area contributed by atoms with Crippen molar-refractivity contribution in [1.29, 1.82) is 0 Å². The molecule has 6 rings (SSSR count). The molecule has 0 N–H and O–H groups in total. The van der Waals surface area contributed by atoms with Crippen molar-refractivity contribution in [2.45, 2.75) is 0 Å². The number of carbonyl (C=O) groups is 2. The number of esters is 2. The van der Waals surface area contributed by atoms with Crippen molar-refractivity contribution in [2.24, 2.45) is 0 Å². The fourth-order valence-electron chi connectivity index (χ4n) is 4.35. The Morgan fingerprint density at radius 3 is 1.47 bits per heavy atom. The van der Waals surface area contributed by atoms with Crippen LogP contribution in [0.2, 0.25) is 0 Å². The average molecular weight is 398 g/mol. The minimum Gasteiger partial charge on any atom is -0.465 e. The minimum absolute atomic E-state index is 0.421. The molecule has 6 nitrogen and oxygen atoms in total. The van der Waals surface area contributed by atoms with Gasteiger partial charge in [0.05, 0.1) is 25.3 Å². The maximum absolute atomic E-state index is 12.1. The Hall–Kier alpha value is -4.06. The van der Waals surface area contributed by atoms with Crippen molar-refractivity contribution >= 4 is 55.8 Å². The third-order valence-electron chi connectivity index (χ3n) is 5.62. The van der Waals surface area contributed by atoms with Crippen molar-refractivity contribution in [1.82, 2.24) is 0 Å². The molecule has 4 aromatic rings. The lowest BCUT2D eigenvalue weighted by molar-refractivity contribution is 0.0592. The smallest absolute Gasteiger partial charge is 0.338 e. The molecule has 0 bridgehead atoms. The van der Waals surface area contributed by atoms with Crippen molar-refractivity contribution in [2.75, 3.05) is 14.2 Å². The van der Waals surface area contributed by atoms with Gasteiger partial charge in [0.25, 0.3) is 0 Å². The van der Waals surface area contributed by atoms with Gasteiger partial charge in [-0.15, -0.1) is 0 Å². The third kappa shape index (κ3) is 2.07. The van der Waals surface area contributed by atoms with E-state index in [0.29, 0.717) is 33.5 Å². The molecule has 2 aliphatic heterocycles. The molecule has 0 amide bonds. The second-order valence-corrected chi connectivity index (χ2v) is 7.21. The third-order valence-corrected chi connectivity index (χ3v) is 5.62. The van der Waals surface area contributed by atoms with Crippen LogP contribution in [-0.2, 0) is 9.47 Å². The predicted octanol–water partition coefficient (Wildman–Crippen LogP) is 5.60. The number of ether oxygens (including phenoxy) is 2. The molecule has 0 fully saturated rings. The average Bonchev–Trinajstić information content (AvgIpc) is 2.78. The molecule has 2 aliphatic rings. The van der Waals surface area contributed by atoms with Gasteiger partial charge in [-0.2, -0.15) is 0 Å². The van der Waals surface area contributed by atoms with Gasteiger partial charge in [-0.25, -0.2) is 9.59 Å². The number of hydrogen-bond acceptors (Lipinski definition) is 6. The highest BCUT2D eigenvalue weighted by Gasteiger charge is 2.26. The van der Waals surface area contributed by atoms with Gasteiger partial charge in [0.1, 0.15) is 22.3 Å². The molecule has 0 aliphatic carbocycles. The number of rotatable bonds is 2. The summed E-state index contributed by atoms with van der Waals surface area (Å²) in [4.78, 5) is 24.2. The van der Waals surface area contributed by atoms with Crippen LogP contribution < -0.4 is 0 Å². The summed E-state index contributed by atoms with van der Waals surface area (Å²) in [6.07, 6.45) is 0. The summed E-state index contributed by atoms with van der Waals surface area (Å²) in [5.74, 6) is -0.847. The van der Waals surface area contributed by atoms with Crippen LogP contribution in [0.4, 0.5) is 0 Å². The van der Waals surface area contributed by atoms with Gasteiger partial charge in [-0.1, -0.05) is 12.1 Å². The monoisotopic (exact) mass is 398 g/mol. The SMILES string of the molecule is COC(=O)c1cc2ccc3oc4cc(C(=O)OC)cc5ccc6oc(c1)c2c3-c6c54. The largest absolute Gasteiger partial charge is 0.465 e. The first-order valence-electron chi connectivity index (χ1n) is 9.33. The Bertz CT molecular complexity index is 1480. The summed E-state index contributed by atoms with van der Waals surface area (Å²) >= 11 is 0. The number of carbonyl (C=O) groups excluding carboxylic acids is 2. The number of hydrogen-bond donors (Lipinski definition) is 0. The molecule has 2 heterocycles. The predicted molar refractivity (Wildman–Crippen MR) is 111 cm³/mol. The molecular formula is C24H14O6. The number of benzene rings is 4. The Labute approximate surface area is 169 Å². The Morgan fingerprint density at radius 2 is 1.07 bits per heavy atom. The Morgan fingerprint density at radius 1 is 0.633 bits per heavy atom. The van der Waals surface area contributed by atoms with Crippen molar-refractivity contribution < 1.29 is 27.9 Å². The zero-order valence-electron chi connectivity index (χ0n) is 16.1.